The first-order valence-corrected chi connectivity index (χ1v) is 10.1. The Hall–Kier alpha value is -4.02. The Morgan fingerprint density at radius 3 is 2.78 bits per heavy atom. The quantitative estimate of drug-likeness (QED) is 0.551. The Morgan fingerprint density at radius 1 is 1.16 bits per heavy atom. The van der Waals surface area contributed by atoms with Crippen molar-refractivity contribution in [2.75, 3.05) is 29.6 Å². The van der Waals surface area contributed by atoms with Crippen molar-refractivity contribution in [2.45, 2.75) is 19.4 Å². The van der Waals surface area contributed by atoms with Crippen LogP contribution >= 0.6 is 0 Å². The van der Waals surface area contributed by atoms with Crippen LogP contribution in [0.25, 0.3) is 11.3 Å². The zero-order valence-corrected chi connectivity index (χ0v) is 17.5. The molecule has 11 heteroatoms. The number of amides is 2. The topological polar surface area (TPSA) is 130 Å². The molecule has 1 aliphatic heterocycles. The number of carbonyl (C=O) groups is 2. The van der Waals surface area contributed by atoms with Crippen molar-refractivity contribution in [3.63, 3.8) is 0 Å². The first-order valence-electron chi connectivity index (χ1n) is 11.6. The Balaban J connectivity index is 1.54. The van der Waals surface area contributed by atoms with Crippen LogP contribution < -0.4 is 20.9 Å². The summed E-state index contributed by atoms with van der Waals surface area (Å²) in [5.41, 5.74) is 3.88. The van der Waals surface area contributed by atoms with Crippen molar-refractivity contribution in [1.82, 2.24) is 30.5 Å². The van der Waals surface area contributed by atoms with Gasteiger partial charge in [0.2, 0.25) is 5.91 Å². The summed E-state index contributed by atoms with van der Waals surface area (Å²) in [4.78, 5) is 28.5. The molecular weight excluding hydrogens is 410 g/mol. The molecular formula is C21H23N9O2. The first kappa shape index (κ1) is 16.6. The molecule has 2 aliphatic rings. The number of hydrogen-bond donors (Lipinski definition) is 3. The minimum Gasteiger partial charge on any atom is -0.366 e. The van der Waals surface area contributed by atoms with Crippen molar-refractivity contribution in [2.24, 2.45) is 13.0 Å². The highest BCUT2D eigenvalue weighted by Gasteiger charge is 2.30. The van der Waals surface area contributed by atoms with Gasteiger partial charge in [-0.05, 0) is 18.9 Å². The summed E-state index contributed by atoms with van der Waals surface area (Å²) in [6, 6.07) is 7.06. The van der Waals surface area contributed by atoms with E-state index < -0.39 is 12.9 Å². The lowest BCUT2D eigenvalue weighted by atomic mass is 10.0. The molecule has 3 heterocycles. The van der Waals surface area contributed by atoms with Crippen LogP contribution in [0.3, 0.4) is 0 Å². The van der Waals surface area contributed by atoms with Crippen molar-refractivity contribution < 1.29 is 13.7 Å². The molecule has 2 aromatic heterocycles. The number of rotatable bonds is 5. The Bertz CT molecular complexity index is 1330. The van der Waals surface area contributed by atoms with Gasteiger partial charge >= 0.3 is 0 Å². The van der Waals surface area contributed by atoms with Gasteiger partial charge in [0.1, 0.15) is 11.4 Å². The molecule has 0 bridgehead atoms. The average molecular weight is 436 g/mol. The molecule has 0 spiro atoms. The lowest BCUT2D eigenvalue weighted by molar-refractivity contribution is -0.117. The summed E-state index contributed by atoms with van der Waals surface area (Å²) < 4.78 is 22.1. The standard InChI is InChI=1S/C21H23N9O2/c1-22-21(32)18-14(9-16(25-26-18)24-20(31)11-7-8-11)23-13-6-4-5-12-17-15(27-30(3)28-17)10-29(2)19(12)13/h4-6,9,11H,7-8,10H2,1-3H3,(H,22,32)(H2,23,24,25,31)/i1D3. The fraction of sp³-hybridized carbons (Fsp3) is 0.333. The summed E-state index contributed by atoms with van der Waals surface area (Å²) >= 11 is 0. The number of nitrogens with zero attached hydrogens (tertiary/aromatic N) is 6. The summed E-state index contributed by atoms with van der Waals surface area (Å²) in [5.74, 6) is -0.988. The van der Waals surface area contributed by atoms with Crippen LogP contribution in [-0.4, -0.2) is 51.0 Å². The van der Waals surface area contributed by atoms with E-state index in [9.17, 15) is 9.59 Å². The molecule has 1 saturated carbocycles. The minimum atomic E-state index is -2.70. The molecule has 164 valence electrons. The van der Waals surface area contributed by atoms with Crippen LogP contribution in [-0.2, 0) is 18.4 Å². The Kier molecular flexibility index (Phi) is 3.95. The number of carbonyl (C=O) groups excluding carboxylic acids is 2. The predicted octanol–water partition coefficient (Wildman–Crippen LogP) is 1.67. The SMILES string of the molecule is [2H]C([2H])([2H])NC(=O)c1nnc(NC(=O)C2CC2)cc1Nc1cccc2c1N(C)Cc1nn(C)nc1-2. The molecule has 0 saturated heterocycles. The number of benzene rings is 1. The molecule has 0 atom stereocenters. The molecule has 3 N–H and O–H groups in total. The third-order valence-corrected chi connectivity index (χ3v) is 5.43. The fourth-order valence-corrected chi connectivity index (χ4v) is 3.81. The highest BCUT2D eigenvalue weighted by Crippen LogP contribution is 2.42. The average Bonchev–Trinajstić information content (AvgIpc) is 3.55. The first-order chi connectivity index (χ1) is 16.6. The van der Waals surface area contributed by atoms with E-state index in [1.54, 1.807) is 7.05 Å². The lowest BCUT2D eigenvalue weighted by Gasteiger charge is -2.28. The normalized spacial score (nSPS) is 16.2. The van der Waals surface area contributed by atoms with Gasteiger partial charge in [0, 0.05) is 42.7 Å². The van der Waals surface area contributed by atoms with Gasteiger partial charge in [0.25, 0.3) is 5.91 Å². The van der Waals surface area contributed by atoms with Crippen LogP contribution in [0.2, 0.25) is 0 Å². The Morgan fingerprint density at radius 2 is 2.00 bits per heavy atom. The predicted molar refractivity (Wildman–Crippen MR) is 119 cm³/mol. The molecule has 32 heavy (non-hydrogen) atoms. The number of para-hydroxylation sites is 1. The van der Waals surface area contributed by atoms with E-state index in [-0.39, 0.29) is 29.0 Å². The van der Waals surface area contributed by atoms with Crippen molar-refractivity contribution in [3.8, 4) is 11.3 Å². The third kappa shape index (κ3) is 3.51. The summed E-state index contributed by atoms with van der Waals surface area (Å²) in [6.45, 7) is -2.18. The van der Waals surface area contributed by atoms with Crippen molar-refractivity contribution in [1.29, 1.82) is 0 Å². The minimum absolute atomic E-state index is 0.0530. The van der Waals surface area contributed by atoms with E-state index in [0.29, 0.717) is 12.2 Å². The summed E-state index contributed by atoms with van der Waals surface area (Å²) in [5, 5.41) is 24.6. The zero-order chi connectivity index (χ0) is 24.9. The highest BCUT2D eigenvalue weighted by molar-refractivity contribution is 6.01. The van der Waals surface area contributed by atoms with Crippen molar-refractivity contribution >= 4 is 34.7 Å². The molecule has 11 nitrogen and oxygen atoms in total. The maximum atomic E-state index is 12.7. The molecule has 2 amide bonds. The van der Waals surface area contributed by atoms with Gasteiger partial charge in [-0.15, -0.1) is 10.2 Å². The highest BCUT2D eigenvalue weighted by atomic mass is 16.2. The number of hydrogen-bond acceptors (Lipinski definition) is 8. The van der Waals surface area contributed by atoms with E-state index in [0.717, 1.165) is 35.5 Å². The second-order valence-corrected chi connectivity index (χ2v) is 7.88. The molecule has 5 rings (SSSR count). The molecule has 1 aromatic carbocycles. The van der Waals surface area contributed by atoms with E-state index in [1.165, 1.54) is 10.9 Å². The van der Waals surface area contributed by atoms with Gasteiger partial charge in [0.15, 0.2) is 11.5 Å². The number of aryl methyl sites for hydroxylation is 1. The summed E-state index contributed by atoms with van der Waals surface area (Å²) in [6.07, 6.45) is 1.63. The van der Waals surface area contributed by atoms with Gasteiger partial charge < -0.3 is 20.9 Å². The van der Waals surface area contributed by atoms with Crippen molar-refractivity contribution in [3.05, 3.63) is 35.7 Å². The van der Waals surface area contributed by atoms with E-state index >= 15 is 0 Å². The lowest BCUT2D eigenvalue weighted by Crippen LogP contribution is -2.24. The Labute approximate surface area is 188 Å². The van der Waals surface area contributed by atoms with Gasteiger partial charge in [-0.25, -0.2) is 0 Å². The fourth-order valence-electron chi connectivity index (χ4n) is 3.81. The maximum absolute atomic E-state index is 12.7. The second kappa shape index (κ2) is 7.59. The number of nitrogens with one attached hydrogen (secondary N) is 3. The molecule has 0 radical (unpaired) electrons. The van der Waals surface area contributed by atoms with Gasteiger partial charge in [0.05, 0.1) is 23.6 Å². The van der Waals surface area contributed by atoms with Crippen LogP contribution in [0.15, 0.2) is 24.3 Å². The van der Waals surface area contributed by atoms with E-state index in [4.69, 9.17) is 4.11 Å². The number of fused-ring (bicyclic) bond motifs is 3. The largest absolute Gasteiger partial charge is 0.366 e. The van der Waals surface area contributed by atoms with Crippen LogP contribution in [0.4, 0.5) is 22.9 Å². The number of anilines is 4. The molecule has 1 fully saturated rings. The second-order valence-electron chi connectivity index (χ2n) is 7.88. The van der Waals surface area contributed by atoms with E-state index in [2.05, 4.69) is 31.0 Å². The smallest absolute Gasteiger partial charge is 0.273 e. The van der Waals surface area contributed by atoms with E-state index in [1.807, 2.05) is 35.5 Å². The van der Waals surface area contributed by atoms with Gasteiger partial charge in [-0.2, -0.15) is 15.0 Å². The van der Waals surface area contributed by atoms with Crippen LogP contribution in [0.5, 0.6) is 0 Å². The molecule has 0 unspecified atom stereocenters. The van der Waals surface area contributed by atoms with Gasteiger partial charge in [-0.3, -0.25) is 9.59 Å². The van der Waals surface area contributed by atoms with Gasteiger partial charge in [-0.1, -0.05) is 12.1 Å². The monoisotopic (exact) mass is 436 g/mol. The maximum Gasteiger partial charge on any atom is 0.273 e. The number of aromatic nitrogens is 5. The summed E-state index contributed by atoms with van der Waals surface area (Å²) in [7, 11) is 3.67. The third-order valence-electron chi connectivity index (χ3n) is 5.43. The van der Waals surface area contributed by atoms with Crippen LogP contribution in [0, 0.1) is 5.92 Å². The van der Waals surface area contributed by atoms with Crippen LogP contribution in [0.1, 0.15) is 33.1 Å². The molecule has 1 aliphatic carbocycles. The molecule has 3 aromatic rings. The zero-order valence-electron chi connectivity index (χ0n) is 20.5.